The zero-order valence-corrected chi connectivity index (χ0v) is 15.6. The molecule has 0 aliphatic carbocycles. The number of carbonyl (C=O) groups is 1. The highest BCUT2D eigenvalue weighted by atomic mass is 19.1. The zero-order valence-electron chi connectivity index (χ0n) is 15.6. The van der Waals surface area contributed by atoms with Crippen LogP contribution in [0.1, 0.15) is 10.5 Å². The number of halogens is 1. The molecule has 0 bridgehead atoms. The lowest BCUT2D eigenvalue weighted by Crippen LogP contribution is -2.36. The number of anilines is 4. The molecule has 0 saturated carbocycles. The van der Waals surface area contributed by atoms with E-state index in [0.29, 0.717) is 30.4 Å². The van der Waals surface area contributed by atoms with E-state index in [-0.39, 0.29) is 11.6 Å². The average molecular weight is 393 g/mol. The number of para-hydroxylation sites is 3. The molecular weight excluding hydrogens is 373 g/mol. The molecule has 0 spiro atoms. The molecule has 4 rings (SSSR count). The Hall–Kier alpha value is -3.52. The molecule has 1 amide bonds. The molecule has 2 aromatic carbocycles. The van der Waals surface area contributed by atoms with Gasteiger partial charge in [-0.25, -0.2) is 14.4 Å². The topological polar surface area (TPSA) is 79.4 Å². The number of nitrogens with zero attached hydrogens (tertiary/aromatic N) is 3. The summed E-state index contributed by atoms with van der Waals surface area (Å²) < 4.78 is 19.1. The van der Waals surface area contributed by atoms with Crippen molar-refractivity contribution >= 4 is 28.8 Å². The van der Waals surface area contributed by atoms with Crippen LogP contribution in [0.4, 0.5) is 27.3 Å². The third-order valence-electron chi connectivity index (χ3n) is 4.53. The minimum atomic E-state index is -0.393. The number of carbonyl (C=O) groups excluding carboxylic acids is 1. The minimum Gasteiger partial charge on any atom is -0.378 e. The smallest absolute Gasteiger partial charge is 0.275 e. The fourth-order valence-electron chi connectivity index (χ4n) is 3.06. The summed E-state index contributed by atoms with van der Waals surface area (Å²) in [6.45, 7) is 2.85. The Bertz CT molecular complexity index is 990. The standard InChI is InChI=1S/C21H20FN5O2/c22-15-5-1-2-6-16(15)25-20-14-23-18(13-24-20)21(28)26-17-7-3-4-8-19(17)27-9-11-29-12-10-27/h1-8,13-14H,9-12H2,(H,24,25)(H,26,28). The average Bonchev–Trinajstić information content (AvgIpc) is 2.77. The normalized spacial score (nSPS) is 13.8. The van der Waals surface area contributed by atoms with Crippen LogP contribution in [0, 0.1) is 5.82 Å². The van der Waals surface area contributed by atoms with Crippen molar-refractivity contribution in [2.75, 3.05) is 41.8 Å². The molecule has 7 nitrogen and oxygen atoms in total. The second kappa shape index (κ2) is 8.66. The predicted molar refractivity (Wildman–Crippen MR) is 109 cm³/mol. The molecule has 148 valence electrons. The quantitative estimate of drug-likeness (QED) is 0.691. The second-order valence-corrected chi connectivity index (χ2v) is 6.46. The van der Waals surface area contributed by atoms with E-state index in [4.69, 9.17) is 4.74 Å². The minimum absolute atomic E-state index is 0.167. The molecule has 2 heterocycles. The van der Waals surface area contributed by atoms with Crippen LogP contribution < -0.4 is 15.5 Å². The SMILES string of the molecule is O=C(Nc1ccccc1N1CCOCC1)c1cnc(Nc2ccccc2F)cn1. The summed E-state index contributed by atoms with van der Waals surface area (Å²) >= 11 is 0. The highest BCUT2D eigenvalue weighted by Gasteiger charge is 2.17. The number of amides is 1. The molecule has 0 radical (unpaired) electrons. The molecule has 1 aromatic heterocycles. The lowest BCUT2D eigenvalue weighted by atomic mass is 10.2. The van der Waals surface area contributed by atoms with Gasteiger partial charge in [0.15, 0.2) is 0 Å². The van der Waals surface area contributed by atoms with Gasteiger partial charge < -0.3 is 20.3 Å². The molecule has 1 aliphatic rings. The third kappa shape index (κ3) is 4.49. The summed E-state index contributed by atoms with van der Waals surface area (Å²) in [5.41, 5.74) is 2.10. The maximum atomic E-state index is 13.7. The highest BCUT2D eigenvalue weighted by Crippen LogP contribution is 2.26. The molecule has 1 saturated heterocycles. The molecule has 3 aromatic rings. The van der Waals surface area contributed by atoms with E-state index < -0.39 is 5.82 Å². The number of ether oxygens (including phenoxy) is 1. The lowest BCUT2D eigenvalue weighted by molar-refractivity contribution is 0.102. The van der Waals surface area contributed by atoms with Crippen molar-refractivity contribution in [1.29, 1.82) is 0 Å². The fraction of sp³-hybridized carbons (Fsp3) is 0.190. The predicted octanol–water partition coefficient (Wildman–Crippen LogP) is 3.45. The summed E-state index contributed by atoms with van der Waals surface area (Å²) in [6, 6.07) is 13.9. The van der Waals surface area contributed by atoms with E-state index >= 15 is 0 Å². The number of hydrogen-bond donors (Lipinski definition) is 2. The maximum absolute atomic E-state index is 13.7. The van der Waals surface area contributed by atoms with E-state index in [2.05, 4.69) is 25.5 Å². The van der Waals surface area contributed by atoms with Crippen molar-refractivity contribution in [2.24, 2.45) is 0 Å². The van der Waals surface area contributed by atoms with Gasteiger partial charge in [-0.15, -0.1) is 0 Å². The first-order chi connectivity index (χ1) is 14.2. The van der Waals surface area contributed by atoms with E-state index in [1.807, 2.05) is 24.3 Å². The summed E-state index contributed by atoms with van der Waals surface area (Å²) in [5.74, 6) is -0.410. The number of morpholine rings is 1. The lowest BCUT2D eigenvalue weighted by Gasteiger charge is -2.30. The van der Waals surface area contributed by atoms with Gasteiger partial charge in [0.25, 0.3) is 5.91 Å². The van der Waals surface area contributed by atoms with Gasteiger partial charge in [0, 0.05) is 13.1 Å². The number of aromatic nitrogens is 2. The van der Waals surface area contributed by atoms with E-state index in [1.165, 1.54) is 18.5 Å². The number of benzene rings is 2. The Kier molecular flexibility index (Phi) is 5.62. The Morgan fingerprint density at radius 3 is 2.41 bits per heavy atom. The highest BCUT2D eigenvalue weighted by molar-refractivity contribution is 6.04. The van der Waals surface area contributed by atoms with Gasteiger partial charge >= 0.3 is 0 Å². The van der Waals surface area contributed by atoms with E-state index in [0.717, 1.165) is 18.8 Å². The van der Waals surface area contributed by atoms with Crippen molar-refractivity contribution in [3.63, 3.8) is 0 Å². The van der Waals surface area contributed by atoms with Crippen molar-refractivity contribution < 1.29 is 13.9 Å². The van der Waals surface area contributed by atoms with Gasteiger partial charge in [0.2, 0.25) is 0 Å². The Labute approximate surface area is 167 Å². The van der Waals surface area contributed by atoms with Gasteiger partial charge in [-0.05, 0) is 24.3 Å². The molecule has 0 unspecified atom stereocenters. The number of nitrogens with one attached hydrogen (secondary N) is 2. The van der Waals surface area contributed by atoms with Crippen LogP contribution >= 0.6 is 0 Å². The van der Waals surface area contributed by atoms with Gasteiger partial charge in [-0.3, -0.25) is 4.79 Å². The third-order valence-corrected chi connectivity index (χ3v) is 4.53. The first kappa shape index (κ1) is 18.8. The zero-order chi connectivity index (χ0) is 20.1. The van der Waals surface area contributed by atoms with Gasteiger partial charge in [0.1, 0.15) is 17.3 Å². The Morgan fingerprint density at radius 1 is 0.966 bits per heavy atom. The van der Waals surface area contributed by atoms with Crippen LogP contribution in [-0.4, -0.2) is 42.2 Å². The maximum Gasteiger partial charge on any atom is 0.275 e. The summed E-state index contributed by atoms with van der Waals surface area (Å²) in [5, 5.41) is 5.74. The molecular formula is C21H20FN5O2. The Morgan fingerprint density at radius 2 is 1.69 bits per heavy atom. The van der Waals surface area contributed by atoms with Gasteiger partial charge in [0.05, 0.1) is 42.7 Å². The van der Waals surface area contributed by atoms with Crippen LogP contribution in [0.15, 0.2) is 60.9 Å². The van der Waals surface area contributed by atoms with Crippen molar-refractivity contribution in [1.82, 2.24) is 9.97 Å². The number of hydrogen-bond acceptors (Lipinski definition) is 6. The van der Waals surface area contributed by atoms with E-state index in [1.54, 1.807) is 18.2 Å². The monoisotopic (exact) mass is 393 g/mol. The molecule has 29 heavy (non-hydrogen) atoms. The van der Waals surface area contributed by atoms with Gasteiger partial charge in [-0.1, -0.05) is 24.3 Å². The molecule has 1 fully saturated rings. The molecule has 8 heteroatoms. The second-order valence-electron chi connectivity index (χ2n) is 6.46. The fourth-order valence-corrected chi connectivity index (χ4v) is 3.06. The van der Waals surface area contributed by atoms with Crippen molar-refractivity contribution in [2.45, 2.75) is 0 Å². The van der Waals surface area contributed by atoms with E-state index in [9.17, 15) is 9.18 Å². The van der Waals surface area contributed by atoms with Crippen LogP contribution in [0.3, 0.4) is 0 Å². The summed E-state index contributed by atoms with van der Waals surface area (Å²) in [6.07, 6.45) is 2.76. The molecule has 0 atom stereocenters. The van der Waals surface area contributed by atoms with Crippen LogP contribution in [0.25, 0.3) is 0 Å². The molecule has 1 aliphatic heterocycles. The van der Waals surface area contributed by atoms with Crippen LogP contribution in [0.2, 0.25) is 0 Å². The van der Waals surface area contributed by atoms with Crippen LogP contribution in [-0.2, 0) is 4.74 Å². The Balaban J connectivity index is 1.46. The van der Waals surface area contributed by atoms with Crippen LogP contribution in [0.5, 0.6) is 0 Å². The first-order valence-electron chi connectivity index (χ1n) is 9.27. The summed E-state index contributed by atoms with van der Waals surface area (Å²) in [7, 11) is 0. The summed E-state index contributed by atoms with van der Waals surface area (Å²) in [4.78, 5) is 23.1. The van der Waals surface area contributed by atoms with Crippen molar-refractivity contribution in [3.05, 3.63) is 72.4 Å². The molecule has 2 N–H and O–H groups in total. The number of rotatable bonds is 5. The van der Waals surface area contributed by atoms with Gasteiger partial charge in [-0.2, -0.15) is 0 Å². The largest absolute Gasteiger partial charge is 0.378 e. The van der Waals surface area contributed by atoms with Crippen molar-refractivity contribution in [3.8, 4) is 0 Å². The first-order valence-corrected chi connectivity index (χ1v) is 9.27.